The number of aromatic nitrogens is 2. The maximum atomic E-state index is 11.9. The largest absolute Gasteiger partial charge is 0.379 e. The van der Waals surface area contributed by atoms with Gasteiger partial charge in [0.05, 0.1) is 25.1 Å². The number of hydrogen-bond acceptors (Lipinski definition) is 5. The zero-order chi connectivity index (χ0) is 13.7. The third-order valence-electron chi connectivity index (χ3n) is 3.24. The van der Waals surface area contributed by atoms with Crippen LogP contribution in [-0.4, -0.2) is 59.7 Å². The minimum atomic E-state index is -0.174. The zero-order valence-electron chi connectivity index (χ0n) is 11.4. The maximum Gasteiger partial charge on any atom is 0.271 e. The normalized spacial score (nSPS) is 18.0. The molecule has 1 fully saturated rings. The van der Waals surface area contributed by atoms with Crippen molar-refractivity contribution in [2.24, 2.45) is 0 Å². The lowest BCUT2D eigenvalue weighted by atomic mass is 10.2. The van der Waals surface area contributed by atoms with E-state index in [4.69, 9.17) is 4.74 Å². The van der Waals surface area contributed by atoms with Crippen LogP contribution >= 0.6 is 0 Å². The molecule has 0 bridgehead atoms. The summed E-state index contributed by atoms with van der Waals surface area (Å²) in [4.78, 5) is 22.3. The van der Waals surface area contributed by atoms with E-state index in [1.165, 1.54) is 6.20 Å². The van der Waals surface area contributed by atoms with E-state index in [1.807, 2.05) is 6.92 Å². The van der Waals surface area contributed by atoms with Crippen LogP contribution < -0.4 is 5.32 Å². The van der Waals surface area contributed by atoms with Crippen LogP contribution in [-0.2, 0) is 4.74 Å². The van der Waals surface area contributed by atoms with Crippen LogP contribution in [0.5, 0.6) is 0 Å². The van der Waals surface area contributed by atoms with Crippen LogP contribution in [0.4, 0.5) is 0 Å². The highest BCUT2D eigenvalue weighted by Crippen LogP contribution is 2.03. The SMILES string of the molecule is Cc1cnc(C(=O)NC[C@@H](C)N2CCOCC2)cn1. The third kappa shape index (κ3) is 3.97. The van der Waals surface area contributed by atoms with Crippen LogP contribution in [0.3, 0.4) is 0 Å². The van der Waals surface area contributed by atoms with Crippen LogP contribution in [0.15, 0.2) is 12.4 Å². The van der Waals surface area contributed by atoms with E-state index in [1.54, 1.807) is 6.20 Å². The molecule has 1 atom stereocenters. The third-order valence-corrected chi connectivity index (χ3v) is 3.24. The van der Waals surface area contributed by atoms with Gasteiger partial charge >= 0.3 is 0 Å². The van der Waals surface area contributed by atoms with Gasteiger partial charge < -0.3 is 10.1 Å². The van der Waals surface area contributed by atoms with E-state index in [0.717, 1.165) is 32.0 Å². The zero-order valence-corrected chi connectivity index (χ0v) is 11.4. The molecule has 0 aliphatic carbocycles. The molecule has 1 aromatic heterocycles. The maximum absolute atomic E-state index is 11.9. The second kappa shape index (κ2) is 6.58. The van der Waals surface area contributed by atoms with Gasteiger partial charge in [-0.3, -0.25) is 14.7 Å². The van der Waals surface area contributed by atoms with Gasteiger partial charge in [-0.15, -0.1) is 0 Å². The lowest BCUT2D eigenvalue weighted by Gasteiger charge is -2.32. The minimum absolute atomic E-state index is 0.174. The molecule has 0 spiro atoms. The van der Waals surface area contributed by atoms with Crippen molar-refractivity contribution in [2.45, 2.75) is 19.9 Å². The molecule has 2 rings (SSSR count). The number of nitrogens with zero attached hydrogens (tertiary/aromatic N) is 3. The second-order valence-electron chi connectivity index (χ2n) is 4.75. The predicted octanol–water partition coefficient (Wildman–Crippen LogP) is 0.236. The Bertz CT molecular complexity index is 415. The first-order valence-corrected chi connectivity index (χ1v) is 6.55. The molecule has 1 aliphatic rings. The number of nitrogens with one attached hydrogen (secondary N) is 1. The molecule has 0 radical (unpaired) electrons. The molecular formula is C13H20N4O2. The van der Waals surface area contributed by atoms with Gasteiger partial charge in [0.25, 0.3) is 5.91 Å². The van der Waals surface area contributed by atoms with E-state index in [-0.39, 0.29) is 5.91 Å². The van der Waals surface area contributed by atoms with E-state index in [0.29, 0.717) is 18.3 Å². The Balaban J connectivity index is 1.81. The monoisotopic (exact) mass is 264 g/mol. The number of hydrogen-bond donors (Lipinski definition) is 1. The smallest absolute Gasteiger partial charge is 0.271 e. The number of ether oxygens (including phenoxy) is 1. The van der Waals surface area contributed by atoms with E-state index >= 15 is 0 Å². The van der Waals surface area contributed by atoms with Crippen molar-refractivity contribution in [3.8, 4) is 0 Å². The van der Waals surface area contributed by atoms with Gasteiger partial charge in [0, 0.05) is 31.9 Å². The summed E-state index contributed by atoms with van der Waals surface area (Å²) in [7, 11) is 0. The topological polar surface area (TPSA) is 67.4 Å². The molecule has 1 aromatic rings. The molecule has 104 valence electrons. The Morgan fingerprint density at radius 2 is 2.16 bits per heavy atom. The second-order valence-corrected chi connectivity index (χ2v) is 4.75. The van der Waals surface area contributed by atoms with Gasteiger partial charge in [0.1, 0.15) is 5.69 Å². The lowest BCUT2D eigenvalue weighted by molar-refractivity contribution is 0.0204. The van der Waals surface area contributed by atoms with Gasteiger partial charge in [-0.2, -0.15) is 0 Å². The standard InChI is InChI=1S/C13H20N4O2/c1-10-7-15-12(9-14-10)13(18)16-8-11(2)17-3-5-19-6-4-17/h7,9,11H,3-6,8H2,1-2H3,(H,16,18)/t11-/m1/s1. The molecule has 2 heterocycles. The molecule has 0 saturated carbocycles. The van der Waals surface area contributed by atoms with E-state index in [2.05, 4.69) is 27.1 Å². The number of carbonyl (C=O) groups excluding carboxylic acids is 1. The summed E-state index contributed by atoms with van der Waals surface area (Å²) in [5.41, 5.74) is 1.16. The Kier molecular flexibility index (Phi) is 4.81. The van der Waals surface area contributed by atoms with Gasteiger partial charge in [-0.1, -0.05) is 0 Å². The summed E-state index contributed by atoms with van der Waals surface area (Å²) < 4.78 is 5.31. The number of amides is 1. The fourth-order valence-corrected chi connectivity index (χ4v) is 1.99. The Labute approximate surface area is 113 Å². The summed E-state index contributed by atoms with van der Waals surface area (Å²) in [5, 5.41) is 2.89. The summed E-state index contributed by atoms with van der Waals surface area (Å²) in [6.45, 7) is 7.92. The van der Waals surface area contributed by atoms with Crippen molar-refractivity contribution in [1.29, 1.82) is 0 Å². The van der Waals surface area contributed by atoms with Crippen molar-refractivity contribution in [1.82, 2.24) is 20.2 Å². The molecule has 0 unspecified atom stereocenters. The first kappa shape index (κ1) is 13.9. The van der Waals surface area contributed by atoms with Crippen LogP contribution in [0.1, 0.15) is 23.1 Å². The van der Waals surface area contributed by atoms with Gasteiger partial charge in [0.15, 0.2) is 0 Å². The fraction of sp³-hybridized carbons (Fsp3) is 0.615. The Morgan fingerprint density at radius 3 is 2.79 bits per heavy atom. The molecule has 1 saturated heterocycles. The number of aryl methyl sites for hydroxylation is 1. The van der Waals surface area contributed by atoms with Gasteiger partial charge in [0.2, 0.25) is 0 Å². The van der Waals surface area contributed by atoms with Crippen molar-refractivity contribution in [2.75, 3.05) is 32.8 Å². The van der Waals surface area contributed by atoms with Gasteiger partial charge in [-0.05, 0) is 13.8 Å². The van der Waals surface area contributed by atoms with Gasteiger partial charge in [-0.25, -0.2) is 4.98 Å². The molecule has 6 nitrogen and oxygen atoms in total. The fourth-order valence-electron chi connectivity index (χ4n) is 1.99. The molecule has 1 amide bonds. The van der Waals surface area contributed by atoms with Crippen molar-refractivity contribution >= 4 is 5.91 Å². The minimum Gasteiger partial charge on any atom is -0.379 e. The number of rotatable bonds is 4. The number of morpholine rings is 1. The summed E-state index contributed by atoms with van der Waals surface area (Å²) in [6.07, 6.45) is 3.10. The summed E-state index contributed by atoms with van der Waals surface area (Å²) in [6, 6.07) is 0.297. The summed E-state index contributed by atoms with van der Waals surface area (Å²) in [5.74, 6) is -0.174. The van der Waals surface area contributed by atoms with Crippen LogP contribution in [0.2, 0.25) is 0 Å². The highest BCUT2D eigenvalue weighted by atomic mass is 16.5. The lowest BCUT2D eigenvalue weighted by Crippen LogP contribution is -2.47. The molecule has 1 aliphatic heterocycles. The Morgan fingerprint density at radius 1 is 1.42 bits per heavy atom. The first-order valence-electron chi connectivity index (χ1n) is 6.55. The summed E-state index contributed by atoms with van der Waals surface area (Å²) >= 11 is 0. The molecule has 6 heteroatoms. The van der Waals surface area contributed by atoms with Crippen LogP contribution in [0.25, 0.3) is 0 Å². The highest BCUT2D eigenvalue weighted by molar-refractivity contribution is 5.91. The Hall–Kier alpha value is -1.53. The van der Waals surface area contributed by atoms with E-state index < -0.39 is 0 Å². The average molecular weight is 264 g/mol. The highest BCUT2D eigenvalue weighted by Gasteiger charge is 2.18. The van der Waals surface area contributed by atoms with Crippen LogP contribution in [0, 0.1) is 6.92 Å². The molecular weight excluding hydrogens is 244 g/mol. The molecule has 0 aromatic carbocycles. The average Bonchev–Trinajstić information content (AvgIpc) is 2.46. The predicted molar refractivity (Wildman–Crippen MR) is 71.0 cm³/mol. The number of carbonyl (C=O) groups is 1. The van der Waals surface area contributed by atoms with Crippen molar-refractivity contribution in [3.63, 3.8) is 0 Å². The van der Waals surface area contributed by atoms with E-state index in [9.17, 15) is 4.79 Å². The molecule has 1 N–H and O–H groups in total. The quantitative estimate of drug-likeness (QED) is 0.843. The molecule has 19 heavy (non-hydrogen) atoms. The first-order chi connectivity index (χ1) is 9.16. The van der Waals surface area contributed by atoms with Crippen molar-refractivity contribution in [3.05, 3.63) is 23.8 Å². The van der Waals surface area contributed by atoms with Crippen molar-refractivity contribution < 1.29 is 9.53 Å².